The average molecular weight is 422 g/mol. The molecule has 3 aliphatic heterocycles. The van der Waals surface area contributed by atoms with Gasteiger partial charge in [0.25, 0.3) is 0 Å². The molecule has 8 nitrogen and oxygen atoms in total. The summed E-state index contributed by atoms with van der Waals surface area (Å²) in [6.07, 6.45) is 6.95. The lowest BCUT2D eigenvalue weighted by Gasteiger charge is -2.34. The predicted molar refractivity (Wildman–Crippen MR) is 111 cm³/mol. The van der Waals surface area contributed by atoms with Crippen molar-refractivity contribution in [2.75, 3.05) is 38.3 Å². The van der Waals surface area contributed by atoms with Crippen LogP contribution in [0.25, 0.3) is 0 Å². The van der Waals surface area contributed by atoms with Gasteiger partial charge in [-0.1, -0.05) is 19.0 Å². The first-order valence-electron chi connectivity index (χ1n) is 11.4. The minimum absolute atomic E-state index is 0.00801. The van der Waals surface area contributed by atoms with Gasteiger partial charge in [-0.3, -0.25) is 15.0 Å². The molecule has 1 unspecified atom stereocenters. The Hall–Kier alpha value is -1.48. The Balaban J connectivity index is 1.32. The summed E-state index contributed by atoms with van der Waals surface area (Å²) >= 11 is 0. The van der Waals surface area contributed by atoms with E-state index < -0.39 is 0 Å². The zero-order valence-corrected chi connectivity index (χ0v) is 18.2. The Morgan fingerprint density at radius 3 is 2.80 bits per heavy atom. The van der Waals surface area contributed by atoms with Gasteiger partial charge in [-0.2, -0.15) is 0 Å². The van der Waals surface area contributed by atoms with Gasteiger partial charge in [0.05, 0.1) is 18.3 Å². The van der Waals surface area contributed by atoms with Gasteiger partial charge in [-0.05, 0) is 51.5 Å². The summed E-state index contributed by atoms with van der Waals surface area (Å²) in [5, 5.41) is 7.14. The number of hydrogen-bond acceptors (Lipinski definition) is 7. The molecule has 0 saturated carbocycles. The van der Waals surface area contributed by atoms with Crippen molar-refractivity contribution >= 4 is 11.8 Å². The first kappa shape index (κ1) is 21.7. The van der Waals surface area contributed by atoms with Crippen LogP contribution in [0.5, 0.6) is 0 Å². The minimum atomic E-state index is -0.339. The maximum absolute atomic E-state index is 12.9. The lowest BCUT2D eigenvalue weighted by Crippen LogP contribution is -2.47. The molecule has 0 bridgehead atoms. The molecule has 0 spiro atoms. The summed E-state index contributed by atoms with van der Waals surface area (Å²) in [6.45, 7) is 7.90. The third kappa shape index (κ3) is 5.22. The number of anilines is 1. The van der Waals surface area contributed by atoms with Gasteiger partial charge in [0.1, 0.15) is 0 Å². The second-order valence-electron chi connectivity index (χ2n) is 9.30. The zero-order chi connectivity index (χ0) is 21.0. The van der Waals surface area contributed by atoms with Crippen molar-refractivity contribution in [3.05, 3.63) is 11.8 Å². The first-order valence-corrected chi connectivity index (χ1v) is 11.4. The van der Waals surface area contributed by atoms with E-state index in [0.29, 0.717) is 18.5 Å². The molecule has 168 valence electrons. The van der Waals surface area contributed by atoms with E-state index in [2.05, 4.69) is 29.2 Å². The summed E-state index contributed by atoms with van der Waals surface area (Å²) in [4.78, 5) is 15.3. The Kier molecular flexibility index (Phi) is 7.08. The number of nitrogens with one attached hydrogen (secondary N) is 1. The first-order chi connectivity index (χ1) is 14.5. The molecule has 1 N–H and O–H groups in total. The van der Waals surface area contributed by atoms with Gasteiger partial charge in [0, 0.05) is 37.3 Å². The molecule has 3 saturated heterocycles. The van der Waals surface area contributed by atoms with E-state index in [9.17, 15) is 4.79 Å². The van der Waals surface area contributed by atoms with Crippen LogP contribution in [-0.4, -0.2) is 67.3 Å². The van der Waals surface area contributed by atoms with Gasteiger partial charge in [-0.15, -0.1) is 0 Å². The van der Waals surface area contributed by atoms with Crippen molar-refractivity contribution < 1.29 is 23.5 Å². The van der Waals surface area contributed by atoms with Crippen molar-refractivity contribution in [2.45, 2.75) is 82.6 Å². The Morgan fingerprint density at radius 2 is 2.03 bits per heavy atom. The van der Waals surface area contributed by atoms with Crippen LogP contribution in [0.1, 0.15) is 64.5 Å². The highest BCUT2D eigenvalue weighted by molar-refractivity contribution is 5.94. The monoisotopic (exact) mass is 421 g/mol. The molecular formula is C22H35N3O5. The minimum Gasteiger partial charge on any atom is -0.381 e. The number of nitrogens with zero attached hydrogens (tertiary/aromatic N) is 2. The van der Waals surface area contributed by atoms with Crippen molar-refractivity contribution in [1.29, 1.82) is 0 Å². The molecule has 0 radical (unpaired) electrons. The standard InChI is InChI=1S/C22H35N3O5/c1-22(2,15-29-20-7-3-4-11-28-20)18-14-19(30-24-18)23-21(26)17-6-5-10-25(17)16-8-12-27-13-9-16/h14,16-17,20H,3-13,15H2,1-2H3,(H,23,26)/t17?,20-/m0/s1. The van der Waals surface area contributed by atoms with Crippen LogP contribution in [0.15, 0.2) is 10.6 Å². The van der Waals surface area contributed by atoms with Crippen molar-refractivity contribution in [3.63, 3.8) is 0 Å². The molecule has 0 aromatic carbocycles. The number of amides is 1. The number of hydrogen-bond donors (Lipinski definition) is 1. The molecule has 8 heteroatoms. The van der Waals surface area contributed by atoms with E-state index in [-0.39, 0.29) is 23.7 Å². The molecule has 0 aliphatic carbocycles. The van der Waals surface area contributed by atoms with Gasteiger partial charge < -0.3 is 18.7 Å². The third-order valence-corrected chi connectivity index (χ3v) is 6.47. The molecule has 3 aliphatic rings. The number of aromatic nitrogens is 1. The number of carbonyl (C=O) groups is 1. The topological polar surface area (TPSA) is 86.1 Å². The molecule has 1 aromatic rings. The highest BCUT2D eigenvalue weighted by Gasteiger charge is 2.36. The fourth-order valence-electron chi connectivity index (χ4n) is 4.60. The fraction of sp³-hybridized carbons (Fsp3) is 0.818. The van der Waals surface area contributed by atoms with E-state index in [0.717, 1.165) is 77.0 Å². The average Bonchev–Trinajstić information content (AvgIpc) is 3.44. The van der Waals surface area contributed by atoms with Gasteiger partial charge in [-0.25, -0.2) is 0 Å². The summed E-state index contributed by atoms with van der Waals surface area (Å²) < 4.78 is 22.5. The smallest absolute Gasteiger partial charge is 0.244 e. The maximum Gasteiger partial charge on any atom is 0.244 e. The molecule has 4 rings (SSSR count). The van der Waals surface area contributed by atoms with Gasteiger partial charge in [0.2, 0.25) is 11.8 Å². The second-order valence-corrected chi connectivity index (χ2v) is 9.30. The summed E-state index contributed by atoms with van der Waals surface area (Å²) in [5.41, 5.74) is 0.427. The molecule has 3 fully saturated rings. The third-order valence-electron chi connectivity index (χ3n) is 6.47. The van der Waals surface area contributed by atoms with E-state index in [1.54, 1.807) is 0 Å². The lowest BCUT2D eigenvalue weighted by molar-refractivity contribution is -0.170. The van der Waals surface area contributed by atoms with E-state index in [4.69, 9.17) is 18.7 Å². The Bertz CT molecular complexity index is 695. The fourth-order valence-corrected chi connectivity index (χ4v) is 4.60. The Labute approximate surface area is 178 Å². The van der Waals surface area contributed by atoms with Gasteiger partial charge in [0.15, 0.2) is 6.29 Å². The summed E-state index contributed by atoms with van der Waals surface area (Å²) in [5.74, 6) is 0.391. The van der Waals surface area contributed by atoms with Crippen LogP contribution < -0.4 is 5.32 Å². The molecule has 1 aromatic heterocycles. The zero-order valence-electron chi connectivity index (χ0n) is 18.2. The van der Waals surface area contributed by atoms with Crippen LogP contribution in [0.3, 0.4) is 0 Å². The SMILES string of the molecule is CC(C)(CO[C@H]1CCCCO1)c1cc(NC(=O)C2CCCN2C2CCOCC2)on1. The normalized spacial score (nSPS) is 26.7. The quantitative estimate of drug-likeness (QED) is 0.724. The van der Waals surface area contributed by atoms with Crippen LogP contribution in [0.4, 0.5) is 5.88 Å². The van der Waals surface area contributed by atoms with Gasteiger partial charge >= 0.3 is 0 Å². The van der Waals surface area contributed by atoms with Crippen LogP contribution in [0.2, 0.25) is 0 Å². The molecular weight excluding hydrogens is 386 g/mol. The van der Waals surface area contributed by atoms with Crippen LogP contribution in [-0.2, 0) is 24.4 Å². The maximum atomic E-state index is 12.9. The van der Waals surface area contributed by atoms with Crippen molar-refractivity contribution in [1.82, 2.24) is 10.1 Å². The van der Waals surface area contributed by atoms with E-state index in [1.165, 1.54) is 0 Å². The largest absolute Gasteiger partial charge is 0.381 e. The highest BCUT2D eigenvalue weighted by atomic mass is 16.7. The van der Waals surface area contributed by atoms with Crippen molar-refractivity contribution in [3.8, 4) is 0 Å². The van der Waals surface area contributed by atoms with Crippen LogP contribution >= 0.6 is 0 Å². The molecule has 4 heterocycles. The molecule has 1 amide bonds. The summed E-state index contributed by atoms with van der Waals surface area (Å²) in [7, 11) is 0. The number of carbonyl (C=O) groups excluding carboxylic acids is 1. The number of ether oxygens (including phenoxy) is 3. The number of rotatable bonds is 7. The second kappa shape index (κ2) is 9.77. The predicted octanol–water partition coefficient (Wildman–Crippen LogP) is 3.08. The lowest BCUT2D eigenvalue weighted by atomic mass is 9.90. The number of likely N-dealkylation sites (tertiary alicyclic amines) is 1. The van der Waals surface area contributed by atoms with E-state index >= 15 is 0 Å². The molecule has 30 heavy (non-hydrogen) atoms. The molecule has 2 atom stereocenters. The van der Waals surface area contributed by atoms with Crippen LogP contribution in [0, 0.1) is 0 Å². The van der Waals surface area contributed by atoms with E-state index in [1.807, 2.05) is 6.07 Å². The highest BCUT2D eigenvalue weighted by Crippen LogP contribution is 2.29. The Morgan fingerprint density at radius 1 is 1.20 bits per heavy atom. The summed E-state index contributed by atoms with van der Waals surface area (Å²) in [6, 6.07) is 2.14. The van der Waals surface area contributed by atoms with Crippen molar-refractivity contribution in [2.24, 2.45) is 0 Å².